The van der Waals surface area contributed by atoms with E-state index in [1.54, 1.807) is 22.2 Å². The van der Waals surface area contributed by atoms with Crippen LogP contribution in [0.2, 0.25) is 0 Å². The Labute approximate surface area is 131 Å². The van der Waals surface area contributed by atoms with E-state index in [0.29, 0.717) is 5.82 Å². The predicted molar refractivity (Wildman–Crippen MR) is 87.2 cm³/mol. The molecule has 4 heterocycles. The van der Waals surface area contributed by atoms with Crippen molar-refractivity contribution >= 4 is 27.2 Å². The van der Waals surface area contributed by atoms with Crippen molar-refractivity contribution in [3.63, 3.8) is 0 Å². The second-order valence-electron chi connectivity index (χ2n) is 5.41. The van der Waals surface area contributed by atoms with Gasteiger partial charge < -0.3 is 0 Å². The molecule has 0 aliphatic heterocycles. The molecule has 0 aliphatic carbocycles. The molecule has 6 nitrogen and oxygen atoms in total. The molecule has 0 spiro atoms. The molecule has 4 rings (SSSR count). The number of rotatable bonds is 2. The van der Waals surface area contributed by atoms with Gasteiger partial charge in [0, 0.05) is 17.6 Å². The molecule has 0 amide bonds. The summed E-state index contributed by atoms with van der Waals surface area (Å²) in [6.07, 6.45) is 2.71. The van der Waals surface area contributed by atoms with E-state index in [4.69, 9.17) is 4.98 Å². The molecule has 0 radical (unpaired) electrons. The molecular weight excluding hydrogens is 296 g/mol. The van der Waals surface area contributed by atoms with Crippen LogP contribution in [0.25, 0.3) is 27.4 Å². The van der Waals surface area contributed by atoms with Gasteiger partial charge in [0.15, 0.2) is 5.65 Å². The van der Waals surface area contributed by atoms with Crippen molar-refractivity contribution < 1.29 is 0 Å². The van der Waals surface area contributed by atoms with E-state index in [2.05, 4.69) is 29.0 Å². The summed E-state index contributed by atoms with van der Waals surface area (Å²) in [7, 11) is 1.92. The second kappa shape index (κ2) is 4.61. The standard InChI is InChI=1S/C15H16N6S/c1-5-10-9(3)22-15-12(10)14-17-13(19-21(14)7-16-15)11-6-8(2)20(4)18-11/h6-7H,5H2,1-4H3. The average molecular weight is 312 g/mol. The lowest BCUT2D eigenvalue weighted by Gasteiger charge is -1.96. The van der Waals surface area contributed by atoms with Crippen LogP contribution in [-0.2, 0) is 13.5 Å². The summed E-state index contributed by atoms with van der Waals surface area (Å²) in [4.78, 5) is 11.6. The minimum atomic E-state index is 0.643. The number of hydrogen-bond acceptors (Lipinski definition) is 5. The highest BCUT2D eigenvalue weighted by Crippen LogP contribution is 2.32. The molecule has 0 aromatic carbocycles. The summed E-state index contributed by atoms with van der Waals surface area (Å²) in [5.41, 5.74) is 4.05. The van der Waals surface area contributed by atoms with Crippen molar-refractivity contribution in [2.45, 2.75) is 27.2 Å². The van der Waals surface area contributed by atoms with Crippen molar-refractivity contribution in [3.8, 4) is 11.5 Å². The van der Waals surface area contributed by atoms with E-state index in [0.717, 1.165) is 33.7 Å². The van der Waals surface area contributed by atoms with Gasteiger partial charge in [-0.05, 0) is 31.9 Å². The molecule has 0 saturated heterocycles. The van der Waals surface area contributed by atoms with Gasteiger partial charge in [0.25, 0.3) is 0 Å². The Morgan fingerprint density at radius 2 is 2.05 bits per heavy atom. The molecule has 0 N–H and O–H groups in total. The summed E-state index contributed by atoms with van der Waals surface area (Å²) in [5, 5.41) is 10.1. The van der Waals surface area contributed by atoms with Crippen molar-refractivity contribution in [2.75, 3.05) is 0 Å². The lowest BCUT2D eigenvalue weighted by molar-refractivity contribution is 0.741. The fraction of sp³-hybridized carbons (Fsp3) is 0.333. The fourth-order valence-corrected chi connectivity index (χ4v) is 3.85. The van der Waals surface area contributed by atoms with Crippen LogP contribution in [0.1, 0.15) is 23.1 Å². The molecule has 112 valence electrons. The number of thiophene rings is 1. The zero-order valence-electron chi connectivity index (χ0n) is 13.0. The van der Waals surface area contributed by atoms with Crippen LogP contribution in [0, 0.1) is 13.8 Å². The van der Waals surface area contributed by atoms with Gasteiger partial charge in [-0.3, -0.25) is 4.68 Å². The van der Waals surface area contributed by atoms with Crippen LogP contribution in [0.5, 0.6) is 0 Å². The number of fused-ring (bicyclic) bond motifs is 3. The van der Waals surface area contributed by atoms with Crippen LogP contribution >= 0.6 is 11.3 Å². The Balaban J connectivity index is 2.02. The molecule has 0 saturated carbocycles. The smallest absolute Gasteiger partial charge is 0.202 e. The molecule has 0 fully saturated rings. The Morgan fingerprint density at radius 1 is 1.23 bits per heavy atom. The molecular formula is C15H16N6S. The van der Waals surface area contributed by atoms with E-state index < -0.39 is 0 Å². The summed E-state index contributed by atoms with van der Waals surface area (Å²) in [5.74, 6) is 0.643. The molecule has 4 aromatic heterocycles. The predicted octanol–water partition coefficient (Wildman–Crippen LogP) is 2.92. The van der Waals surface area contributed by atoms with Gasteiger partial charge in [-0.1, -0.05) is 6.92 Å². The lowest BCUT2D eigenvalue weighted by Crippen LogP contribution is -1.93. The van der Waals surface area contributed by atoms with Crippen LogP contribution in [0.15, 0.2) is 12.4 Å². The maximum Gasteiger partial charge on any atom is 0.202 e. The SMILES string of the molecule is CCc1c(C)sc2ncn3nc(-c4cc(C)n(C)n4)nc3c12. The summed E-state index contributed by atoms with van der Waals surface area (Å²) >= 11 is 1.72. The minimum absolute atomic E-state index is 0.643. The highest BCUT2D eigenvalue weighted by Gasteiger charge is 2.17. The van der Waals surface area contributed by atoms with Gasteiger partial charge in [-0.2, -0.15) is 5.10 Å². The molecule has 0 aliphatic rings. The topological polar surface area (TPSA) is 60.9 Å². The normalized spacial score (nSPS) is 11.8. The van der Waals surface area contributed by atoms with Gasteiger partial charge in [0.05, 0.1) is 5.39 Å². The van der Waals surface area contributed by atoms with Gasteiger partial charge in [-0.25, -0.2) is 14.5 Å². The third kappa shape index (κ3) is 1.78. The number of aryl methyl sites for hydroxylation is 4. The minimum Gasteiger partial charge on any atom is -0.272 e. The fourth-order valence-electron chi connectivity index (χ4n) is 2.77. The number of nitrogens with zero attached hydrogens (tertiary/aromatic N) is 6. The maximum absolute atomic E-state index is 4.73. The van der Waals surface area contributed by atoms with Gasteiger partial charge in [-0.15, -0.1) is 16.4 Å². The highest BCUT2D eigenvalue weighted by atomic mass is 32.1. The van der Waals surface area contributed by atoms with E-state index in [-0.39, 0.29) is 0 Å². The van der Waals surface area contributed by atoms with Crippen LogP contribution in [0.3, 0.4) is 0 Å². The van der Waals surface area contributed by atoms with Gasteiger partial charge in [0.1, 0.15) is 16.9 Å². The van der Waals surface area contributed by atoms with Gasteiger partial charge >= 0.3 is 0 Å². The zero-order valence-corrected chi connectivity index (χ0v) is 13.8. The monoisotopic (exact) mass is 312 g/mol. The van der Waals surface area contributed by atoms with E-state index >= 15 is 0 Å². The van der Waals surface area contributed by atoms with E-state index in [9.17, 15) is 0 Å². The summed E-state index contributed by atoms with van der Waals surface area (Å²) in [6, 6.07) is 2.00. The first-order valence-corrected chi connectivity index (χ1v) is 8.04. The third-order valence-electron chi connectivity index (χ3n) is 4.03. The van der Waals surface area contributed by atoms with Crippen molar-refractivity contribution in [1.82, 2.24) is 29.4 Å². The summed E-state index contributed by atoms with van der Waals surface area (Å²) in [6.45, 7) is 6.32. The molecule has 7 heteroatoms. The Morgan fingerprint density at radius 3 is 2.73 bits per heavy atom. The molecule has 4 aromatic rings. The Kier molecular flexibility index (Phi) is 2.80. The third-order valence-corrected chi connectivity index (χ3v) is 5.08. The first-order chi connectivity index (χ1) is 10.6. The zero-order chi connectivity index (χ0) is 15.4. The average Bonchev–Trinajstić information content (AvgIpc) is 3.13. The lowest BCUT2D eigenvalue weighted by atomic mass is 10.1. The van der Waals surface area contributed by atoms with Crippen LogP contribution < -0.4 is 0 Å². The first-order valence-electron chi connectivity index (χ1n) is 7.23. The first kappa shape index (κ1) is 13.4. The van der Waals surface area contributed by atoms with Gasteiger partial charge in [0.2, 0.25) is 5.82 Å². The van der Waals surface area contributed by atoms with Crippen molar-refractivity contribution in [3.05, 3.63) is 28.5 Å². The Hall–Kier alpha value is -2.28. The van der Waals surface area contributed by atoms with Crippen LogP contribution in [-0.4, -0.2) is 29.4 Å². The van der Waals surface area contributed by atoms with Crippen molar-refractivity contribution in [1.29, 1.82) is 0 Å². The van der Waals surface area contributed by atoms with Crippen LogP contribution in [0.4, 0.5) is 0 Å². The number of hydrogen-bond donors (Lipinski definition) is 0. The quantitative estimate of drug-likeness (QED) is 0.571. The number of aromatic nitrogens is 6. The van der Waals surface area contributed by atoms with Crippen molar-refractivity contribution in [2.24, 2.45) is 7.05 Å². The summed E-state index contributed by atoms with van der Waals surface area (Å²) < 4.78 is 3.59. The molecule has 22 heavy (non-hydrogen) atoms. The molecule has 0 bridgehead atoms. The maximum atomic E-state index is 4.73. The van der Waals surface area contributed by atoms with E-state index in [1.165, 1.54) is 10.4 Å². The molecule has 0 unspecified atom stereocenters. The van der Waals surface area contributed by atoms with E-state index in [1.807, 2.05) is 24.7 Å². The Bertz CT molecular complexity index is 987. The highest BCUT2D eigenvalue weighted by molar-refractivity contribution is 7.18. The second-order valence-corrected chi connectivity index (χ2v) is 6.62. The largest absolute Gasteiger partial charge is 0.272 e. The molecule has 0 atom stereocenters.